The fourth-order valence-corrected chi connectivity index (χ4v) is 0.989. The first-order chi connectivity index (χ1) is 10.2. The van der Waals surface area contributed by atoms with E-state index in [1.807, 2.05) is 0 Å². The van der Waals surface area contributed by atoms with Crippen LogP contribution in [-0.4, -0.2) is 56.0 Å². The fraction of sp³-hybridized carbons (Fsp3) is 0. The second-order valence-corrected chi connectivity index (χ2v) is 3.38. The molecule has 0 aliphatic heterocycles. The summed E-state index contributed by atoms with van der Waals surface area (Å²) in [7, 11) is 0. The van der Waals surface area contributed by atoms with Crippen LogP contribution in [0.2, 0.25) is 0 Å². The molecule has 0 bridgehead atoms. The Labute approximate surface area is 235 Å². The minimum atomic E-state index is -1.56. The van der Waals surface area contributed by atoms with Crippen LogP contribution in [0.5, 0.6) is 0 Å². The third kappa shape index (κ3) is 33.4. The Bertz CT molecular complexity index is 639. The Hall–Kier alpha value is -2.62. The zero-order valence-electron chi connectivity index (χ0n) is 17.7. The average molecular weight is 721 g/mol. The fourth-order valence-electron chi connectivity index (χ4n) is 0.989. The number of carbonyl (C=O) groups is 4. The Balaban J connectivity index is -0.0000000143. The molecule has 2 rings (SSSR count). The van der Waals surface area contributed by atoms with Crippen LogP contribution in [0.3, 0.4) is 0 Å². The van der Waals surface area contributed by atoms with Crippen LogP contribution >= 0.6 is 0 Å². The molecule has 2 heterocycles. The van der Waals surface area contributed by atoms with Crippen molar-refractivity contribution in [3.63, 3.8) is 0 Å². The van der Waals surface area contributed by atoms with Gasteiger partial charge in [-0.1, -0.05) is 11.4 Å². The van der Waals surface area contributed by atoms with Gasteiger partial charge >= 0.3 is 51.2 Å². The minimum Gasteiger partial charge on any atom is -0.573 e. The van der Waals surface area contributed by atoms with E-state index in [0.29, 0.717) is 0 Å². The summed E-state index contributed by atoms with van der Waals surface area (Å²) in [4.78, 5) is 40.0. The third-order valence-electron chi connectivity index (χ3n) is 1.91. The number of nitrogens with zero attached hydrogens (tertiary/aromatic N) is 4. The Kier molecular flexibility index (Phi) is 129. The van der Waals surface area contributed by atoms with E-state index in [0.717, 1.165) is 12.1 Å². The molecule has 0 unspecified atom stereocenters. The van der Waals surface area contributed by atoms with Gasteiger partial charge in [-0.2, -0.15) is 0 Å². The van der Waals surface area contributed by atoms with Crippen LogP contribution in [0, 0.1) is 0 Å². The standard InChI is InChI=1S/2C5H4N2O4.3Cu.12H2O/c2*8-4(9)2-1-3(5(10)11)7-6-2;;;;;;;;;;;;;;;/h2*1H,(H3,6,7,8,9,10,11);;;;12*1H2/q;;3*+2;;;;;;;;;;;;/p+2. The van der Waals surface area contributed by atoms with Gasteiger partial charge in [0.25, 0.3) is 0 Å². The molecule has 2 aromatic heterocycles. The molecule has 0 aromatic carbocycles. The van der Waals surface area contributed by atoms with E-state index in [-0.39, 0.29) is 117 Å². The van der Waals surface area contributed by atoms with Crippen LogP contribution in [-0.2, 0) is 95.0 Å². The van der Waals surface area contributed by atoms with Crippen molar-refractivity contribution in [3.05, 3.63) is 34.9 Å². The predicted octanol–water partition coefficient (Wildman–Crippen LogP) is -17.1. The van der Waals surface area contributed by atoms with Crippen molar-refractivity contribution < 1.29 is 157 Å². The normalized spacial score (nSPS) is 5.62. The Morgan fingerprint density at radius 3 is 0.757 bits per heavy atom. The van der Waals surface area contributed by atoms with E-state index < -0.39 is 46.7 Å². The largest absolute Gasteiger partial charge is 2.00 e. The van der Waals surface area contributed by atoms with E-state index in [2.05, 4.69) is 20.4 Å². The van der Waals surface area contributed by atoms with Gasteiger partial charge in [-0.15, -0.1) is 0 Å². The number of carboxylic acids is 4. The van der Waals surface area contributed by atoms with Crippen molar-refractivity contribution in [2.75, 3.05) is 0 Å². The van der Waals surface area contributed by atoms with Crippen molar-refractivity contribution in [1.29, 1.82) is 0 Å². The van der Waals surface area contributed by atoms with E-state index in [1.165, 1.54) is 0 Å². The topological polar surface area (TPSA) is 604 Å². The SMILES string of the molecule is O.O.O.O.O=C([O-])c1cc(C(=O)[O-])[n-]n1.O=C([O-])c1cc(C(=O)[O-])[n-]n1.[Cu+2].[Cu+2].[Cu+2].[OH3+].[OH3+].[OH3+].[OH3+].[OH3+].[OH3+].[OH3+].[OH3+]. The van der Waals surface area contributed by atoms with E-state index in [9.17, 15) is 39.6 Å². The molecule has 0 atom stereocenters. The van der Waals surface area contributed by atoms with Gasteiger partial charge in [0.15, 0.2) is 0 Å². The Morgan fingerprint density at radius 2 is 0.676 bits per heavy atom. The van der Waals surface area contributed by atoms with Gasteiger partial charge in [-0.3, -0.25) is 0 Å². The molecule has 37 heavy (non-hydrogen) atoms. The maximum Gasteiger partial charge on any atom is 2.00 e. The summed E-state index contributed by atoms with van der Waals surface area (Å²) < 4.78 is 0. The van der Waals surface area contributed by atoms with Crippen molar-refractivity contribution in [1.82, 2.24) is 20.4 Å². The number of rotatable bonds is 4. The van der Waals surface area contributed by atoms with Crippen LogP contribution in [0.25, 0.3) is 0 Å². The molecule has 27 heteroatoms. The summed E-state index contributed by atoms with van der Waals surface area (Å²) in [5, 5.41) is 52.1. The zero-order valence-corrected chi connectivity index (χ0v) is 20.6. The van der Waals surface area contributed by atoms with Gasteiger partial charge in [0.05, 0.1) is 35.3 Å². The number of carboxylic acid groups (broad SMARTS) is 4. The molecule has 0 saturated heterocycles. The molecular formula is C10H34Cu3N4O20+8. The molecule has 239 valence electrons. The van der Waals surface area contributed by atoms with Crippen LogP contribution < -0.4 is 30.6 Å². The second kappa shape index (κ2) is 46.7. The number of aromatic carboxylic acids is 4. The maximum absolute atomic E-state index is 10.0. The van der Waals surface area contributed by atoms with Crippen molar-refractivity contribution in [2.24, 2.45) is 0 Å². The summed E-state index contributed by atoms with van der Waals surface area (Å²) in [6.07, 6.45) is 0. The van der Waals surface area contributed by atoms with E-state index in [1.54, 1.807) is 0 Å². The van der Waals surface area contributed by atoms with Gasteiger partial charge in [-0.25, -0.2) is 0 Å². The van der Waals surface area contributed by atoms with Gasteiger partial charge < -0.3 is 126 Å². The first kappa shape index (κ1) is 102. The number of hydrogen-bond acceptors (Lipinski definition) is 10. The Morgan fingerprint density at radius 1 is 0.486 bits per heavy atom. The molecule has 0 fully saturated rings. The zero-order chi connectivity index (χ0) is 16.9. The summed E-state index contributed by atoms with van der Waals surface area (Å²) >= 11 is 0. The molecule has 0 aliphatic carbocycles. The molecule has 24 nitrogen and oxygen atoms in total. The van der Waals surface area contributed by atoms with Crippen LogP contribution in [0.4, 0.5) is 0 Å². The van der Waals surface area contributed by atoms with Crippen molar-refractivity contribution in [3.8, 4) is 0 Å². The molecule has 32 N–H and O–H groups in total. The number of carbonyl (C=O) groups excluding carboxylic acids is 4. The second-order valence-electron chi connectivity index (χ2n) is 3.38. The van der Waals surface area contributed by atoms with Crippen molar-refractivity contribution >= 4 is 23.9 Å². The van der Waals surface area contributed by atoms with Gasteiger partial charge in [0.2, 0.25) is 0 Å². The first-order valence-corrected chi connectivity index (χ1v) is 5.08. The predicted molar refractivity (Wildman–Crippen MR) is 106 cm³/mol. The molecule has 0 spiro atoms. The summed E-state index contributed by atoms with van der Waals surface area (Å²) in [5.41, 5.74) is -2.04. The molecule has 0 saturated carbocycles. The average Bonchev–Trinajstić information content (AvgIpc) is 3.09. The summed E-state index contributed by atoms with van der Waals surface area (Å²) in [5.74, 6) is -6.26. The smallest absolute Gasteiger partial charge is 0.573 e. The molecule has 0 aliphatic rings. The first-order valence-electron chi connectivity index (χ1n) is 5.08. The molecule has 0 amide bonds. The summed E-state index contributed by atoms with van der Waals surface area (Å²) in [6, 6.07) is 1.54. The molecular weight excluding hydrogens is 687 g/mol. The number of hydrogen-bond donors (Lipinski definition) is 0. The minimum absolute atomic E-state index is 0. The third-order valence-corrected chi connectivity index (χ3v) is 1.91. The quantitative estimate of drug-likeness (QED) is 0.210. The van der Waals surface area contributed by atoms with E-state index >= 15 is 0 Å². The van der Waals surface area contributed by atoms with Gasteiger partial charge in [0.1, 0.15) is 0 Å². The van der Waals surface area contributed by atoms with Crippen molar-refractivity contribution in [2.45, 2.75) is 0 Å². The van der Waals surface area contributed by atoms with Gasteiger partial charge in [-0.05, 0) is 12.1 Å². The number of aromatic nitrogens is 4. The maximum atomic E-state index is 10.0. The van der Waals surface area contributed by atoms with Crippen LogP contribution in [0.1, 0.15) is 42.0 Å². The molecule has 3 radical (unpaired) electrons. The van der Waals surface area contributed by atoms with Gasteiger partial charge in [0, 0.05) is 0 Å². The van der Waals surface area contributed by atoms with Crippen LogP contribution in [0.15, 0.2) is 12.1 Å². The monoisotopic (exact) mass is 719 g/mol. The van der Waals surface area contributed by atoms with E-state index in [4.69, 9.17) is 0 Å². The molecule has 2 aromatic rings. The summed E-state index contributed by atoms with van der Waals surface area (Å²) in [6.45, 7) is 0.